The van der Waals surface area contributed by atoms with Crippen molar-refractivity contribution in [2.45, 2.75) is 13.5 Å². The average molecular weight is 350 g/mol. The minimum absolute atomic E-state index is 0.161. The minimum atomic E-state index is -0.392. The topological polar surface area (TPSA) is 68.3 Å². The fourth-order valence-electron chi connectivity index (χ4n) is 2.80. The highest BCUT2D eigenvalue weighted by Gasteiger charge is 2.18. The van der Waals surface area contributed by atoms with Crippen molar-refractivity contribution in [3.8, 4) is 11.3 Å². The van der Waals surface area contributed by atoms with Crippen molar-refractivity contribution in [1.29, 1.82) is 0 Å². The maximum absolute atomic E-state index is 13.4. The lowest BCUT2D eigenvalue weighted by molar-refractivity contribution is 0.0920. The van der Waals surface area contributed by atoms with Crippen molar-refractivity contribution in [2.75, 3.05) is 0 Å². The molecule has 4 aromatic rings. The fraction of sp³-hybridized carbons (Fsp3) is 0.100. The summed E-state index contributed by atoms with van der Waals surface area (Å²) in [5.41, 5.74) is 2.70. The minimum Gasteiger partial charge on any atom is -0.451 e. The van der Waals surface area contributed by atoms with E-state index < -0.39 is 5.91 Å². The number of fused-ring (bicyclic) bond motifs is 1. The molecule has 0 atom stereocenters. The van der Waals surface area contributed by atoms with Crippen molar-refractivity contribution in [1.82, 2.24) is 10.5 Å². The highest BCUT2D eigenvalue weighted by Crippen LogP contribution is 2.26. The number of carbonyl (C=O) groups excluding carboxylic acids is 1. The Morgan fingerprint density at radius 1 is 1.15 bits per heavy atom. The van der Waals surface area contributed by atoms with E-state index in [0.29, 0.717) is 28.0 Å². The first-order valence-electron chi connectivity index (χ1n) is 8.09. The number of aromatic nitrogens is 1. The molecule has 5 nitrogen and oxygen atoms in total. The van der Waals surface area contributed by atoms with Gasteiger partial charge in [-0.2, -0.15) is 0 Å². The zero-order chi connectivity index (χ0) is 18.1. The van der Waals surface area contributed by atoms with Crippen molar-refractivity contribution < 1.29 is 18.1 Å². The highest BCUT2D eigenvalue weighted by atomic mass is 19.1. The van der Waals surface area contributed by atoms with E-state index in [9.17, 15) is 9.18 Å². The van der Waals surface area contributed by atoms with E-state index in [2.05, 4.69) is 10.5 Å². The van der Waals surface area contributed by atoms with Crippen LogP contribution in [0.3, 0.4) is 0 Å². The van der Waals surface area contributed by atoms with E-state index in [4.69, 9.17) is 8.94 Å². The summed E-state index contributed by atoms with van der Waals surface area (Å²) >= 11 is 0. The number of carbonyl (C=O) groups is 1. The fourth-order valence-corrected chi connectivity index (χ4v) is 2.80. The van der Waals surface area contributed by atoms with Crippen molar-refractivity contribution >= 4 is 16.9 Å². The molecular formula is C20H15FN2O3. The van der Waals surface area contributed by atoms with E-state index in [1.807, 2.05) is 30.3 Å². The molecule has 2 aromatic carbocycles. The summed E-state index contributed by atoms with van der Waals surface area (Å²) in [5.74, 6) is -0.0781. The first-order valence-corrected chi connectivity index (χ1v) is 8.09. The van der Waals surface area contributed by atoms with Crippen molar-refractivity contribution in [3.63, 3.8) is 0 Å². The molecule has 0 aliphatic heterocycles. The standard InChI is InChI=1S/C20H15FN2O3/c1-12-16-9-14(21)7-8-18(16)25-19(12)20(24)22-11-15-10-17(23-26-15)13-5-3-2-4-6-13/h2-10H,11H2,1H3,(H,22,24). The van der Waals surface area contributed by atoms with Crippen LogP contribution in [-0.2, 0) is 6.54 Å². The number of aryl methyl sites for hydroxylation is 1. The number of furan rings is 1. The Kier molecular flexibility index (Phi) is 4.01. The van der Waals surface area contributed by atoms with Gasteiger partial charge in [0.2, 0.25) is 0 Å². The van der Waals surface area contributed by atoms with Gasteiger partial charge in [-0.3, -0.25) is 4.79 Å². The number of hydrogen-bond donors (Lipinski definition) is 1. The first-order chi connectivity index (χ1) is 12.6. The van der Waals surface area contributed by atoms with Gasteiger partial charge in [0.1, 0.15) is 17.1 Å². The van der Waals surface area contributed by atoms with Crippen LogP contribution in [0.1, 0.15) is 21.9 Å². The Hall–Kier alpha value is -3.41. The van der Waals surface area contributed by atoms with Crippen LogP contribution in [-0.4, -0.2) is 11.1 Å². The number of nitrogens with zero attached hydrogens (tertiary/aromatic N) is 1. The monoisotopic (exact) mass is 350 g/mol. The van der Waals surface area contributed by atoms with Crippen molar-refractivity contribution in [3.05, 3.63) is 77.5 Å². The molecule has 0 saturated heterocycles. The van der Waals surface area contributed by atoms with Gasteiger partial charge in [-0.1, -0.05) is 35.5 Å². The van der Waals surface area contributed by atoms with Gasteiger partial charge in [-0.25, -0.2) is 4.39 Å². The largest absolute Gasteiger partial charge is 0.451 e. The quantitative estimate of drug-likeness (QED) is 0.590. The summed E-state index contributed by atoms with van der Waals surface area (Å²) in [6.45, 7) is 1.89. The zero-order valence-corrected chi connectivity index (χ0v) is 14.0. The van der Waals surface area contributed by atoms with Gasteiger partial charge in [-0.15, -0.1) is 0 Å². The van der Waals surface area contributed by atoms with Gasteiger partial charge in [0, 0.05) is 22.6 Å². The predicted octanol–water partition coefficient (Wildman–Crippen LogP) is 4.47. The van der Waals surface area contributed by atoms with Crippen LogP contribution >= 0.6 is 0 Å². The van der Waals surface area contributed by atoms with Crippen LogP contribution in [0.5, 0.6) is 0 Å². The third-order valence-electron chi connectivity index (χ3n) is 4.16. The molecule has 26 heavy (non-hydrogen) atoms. The molecule has 0 fully saturated rings. The van der Waals surface area contributed by atoms with Crippen molar-refractivity contribution in [2.24, 2.45) is 0 Å². The van der Waals surface area contributed by atoms with Crippen LogP contribution in [0.4, 0.5) is 4.39 Å². The van der Waals surface area contributed by atoms with Crippen LogP contribution in [0, 0.1) is 12.7 Å². The molecule has 130 valence electrons. The van der Waals surface area contributed by atoms with E-state index in [1.165, 1.54) is 18.2 Å². The molecule has 0 radical (unpaired) electrons. The SMILES string of the molecule is Cc1c(C(=O)NCc2cc(-c3ccccc3)no2)oc2ccc(F)cc12. The lowest BCUT2D eigenvalue weighted by atomic mass is 10.1. The van der Waals surface area contributed by atoms with Crippen LogP contribution in [0.25, 0.3) is 22.2 Å². The molecule has 0 aliphatic carbocycles. The molecule has 6 heteroatoms. The van der Waals surface area contributed by atoms with Crippen LogP contribution in [0.15, 0.2) is 63.5 Å². The second-order valence-corrected chi connectivity index (χ2v) is 5.92. The molecule has 4 rings (SSSR count). The second-order valence-electron chi connectivity index (χ2n) is 5.92. The van der Waals surface area contributed by atoms with E-state index in [1.54, 1.807) is 13.0 Å². The molecule has 1 N–H and O–H groups in total. The molecule has 0 spiro atoms. The van der Waals surface area contributed by atoms with Gasteiger partial charge < -0.3 is 14.3 Å². The number of rotatable bonds is 4. The smallest absolute Gasteiger partial charge is 0.287 e. The van der Waals surface area contributed by atoms with Gasteiger partial charge in [0.15, 0.2) is 11.5 Å². The molecule has 2 aromatic heterocycles. The summed E-state index contributed by atoms with van der Waals surface area (Å²) in [4.78, 5) is 12.4. The summed E-state index contributed by atoms with van der Waals surface area (Å²) in [6.07, 6.45) is 0. The van der Waals surface area contributed by atoms with Crippen LogP contribution < -0.4 is 5.32 Å². The number of amides is 1. The van der Waals surface area contributed by atoms with E-state index in [-0.39, 0.29) is 18.1 Å². The van der Waals surface area contributed by atoms with Crippen LogP contribution in [0.2, 0.25) is 0 Å². The van der Waals surface area contributed by atoms with E-state index in [0.717, 1.165) is 5.56 Å². The molecular weight excluding hydrogens is 335 g/mol. The normalized spacial score (nSPS) is 11.0. The molecule has 1 amide bonds. The Morgan fingerprint density at radius 2 is 1.96 bits per heavy atom. The molecule has 0 aliphatic rings. The lowest BCUT2D eigenvalue weighted by Crippen LogP contribution is -2.22. The Bertz CT molecular complexity index is 1080. The lowest BCUT2D eigenvalue weighted by Gasteiger charge is -2.00. The Morgan fingerprint density at radius 3 is 2.77 bits per heavy atom. The highest BCUT2D eigenvalue weighted by molar-refractivity contribution is 5.98. The average Bonchev–Trinajstić information content (AvgIpc) is 3.26. The van der Waals surface area contributed by atoms with Gasteiger partial charge in [0.05, 0.1) is 6.54 Å². The Balaban J connectivity index is 1.49. The third kappa shape index (κ3) is 2.97. The number of benzene rings is 2. The number of nitrogens with one attached hydrogen (secondary N) is 1. The first kappa shape index (κ1) is 16.1. The maximum atomic E-state index is 13.4. The molecule has 0 saturated carbocycles. The third-order valence-corrected chi connectivity index (χ3v) is 4.16. The summed E-state index contributed by atoms with van der Waals surface area (Å²) in [7, 11) is 0. The number of halogens is 1. The molecule has 0 bridgehead atoms. The summed E-state index contributed by atoms with van der Waals surface area (Å²) in [6, 6.07) is 15.5. The van der Waals surface area contributed by atoms with Gasteiger partial charge in [-0.05, 0) is 25.1 Å². The maximum Gasteiger partial charge on any atom is 0.287 e. The van der Waals surface area contributed by atoms with Gasteiger partial charge in [0.25, 0.3) is 5.91 Å². The number of hydrogen-bond acceptors (Lipinski definition) is 4. The zero-order valence-electron chi connectivity index (χ0n) is 14.0. The summed E-state index contributed by atoms with van der Waals surface area (Å²) in [5, 5.41) is 7.33. The van der Waals surface area contributed by atoms with Gasteiger partial charge >= 0.3 is 0 Å². The molecule has 0 unspecified atom stereocenters. The summed E-state index contributed by atoms with van der Waals surface area (Å²) < 4.78 is 24.2. The molecule has 2 heterocycles. The Labute approximate surface area is 148 Å². The van der Waals surface area contributed by atoms with E-state index >= 15 is 0 Å². The predicted molar refractivity (Wildman–Crippen MR) is 94.0 cm³/mol. The second kappa shape index (κ2) is 6.48.